The zero-order chi connectivity index (χ0) is 13.8. The predicted octanol–water partition coefficient (Wildman–Crippen LogP) is 2.45. The number of aromatic nitrogens is 2. The molecule has 2 aromatic rings. The lowest BCUT2D eigenvalue weighted by Gasteiger charge is -2.25. The first-order chi connectivity index (χ1) is 9.09. The molecule has 2 heterocycles. The number of rotatable bonds is 3. The van der Waals surface area contributed by atoms with Gasteiger partial charge in [0.15, 0.2) is 0 Å². The van der Waals surface area contributed by atoms with Crippen LogP contribution >= 0.6 is 0 Å². The summed E-state index contributed by atoms with van der Waals surface area (Å²) < 4.78 is 13.1. The van der Waals surface area contributed by atoms with Crippen molar-refractivity contribution in [1.82, 2.24) is 14.9 Å². The van der Waals surface area contributed by atoms with E-state index in [1.165, 1.54) is 17.2 Å². The molecule has 0 unspecified atom stereocenters. The Bertz CT molecular complexity index is 574. The first-order valence-corrected chi connectivity index (χ1v) is 5.87. The van der Waals surface area contributed by atoms with Crippen LogP contribution in [0.1, 0.15) is 28.9 Å². The number of hydrogen-bond acceptors (Lipinski definition) is 3. The van der Waals surface area contributed by atoms with Gasteiger partial charge >= 0.3 is 0 Å². The van der Waals surface area contributed by atoms with E-state index in [0.29, 0.717) is 0 Å². The number of halogens is 1. The Morgan fingerprint density at radius 2 is 2.11 bits per heavy atom. The summed E-state index contributed by atoms with van der Waals surface area (Å²) in [5.74, 6) is -0.795. The van der Waals surface area contributed by atoms with Crippen LogP contribution < -0.4 is 0 Å². The lowest BCUT2D eigenvalue weighted by atomic mass is 10.1. The van der Waals surface area contributed by atoms with E-state index in [9.17, 15) is 9.18 Å². The molecule has 0 aliphatic carbocycles. The maximum Gasteiger partial charge on any atom is 0.255 e. The second kappa shape index (κ2) is 5.56. The summed E-state index contributed by atoms with van der Waals surface area (Å²) in [6.07, 6.45) is 5.81. The van der Waals surface area contributed by atoms with Gasteiger partial charge < -0.3 is 4.90 Å². The summed E-state index contributed by atoms with van der Waals surface area (Å²) in [7, 11) is 1.67. The molecular formula is C14H14FN3O. The average Bonchev–Trinajstić information content (AvgIpc) is 2.46. The number of carbonyl (C=O) groups excluding carboxylic acids is 1. The molecule has 0 N–H and O–H groups in total. The lowest BCUT2D eigenvalue weighted by molar-refractivity contribution is 0.0741. The first-order valence-electron chi connectivity index (χ1n) is 5.87. The van der Waals surface area contributed by atoms with E-state index < -0.39 is 5.82 Å². The summed E-state index contributed by atoms with van der Waals surface area (Å²) >= 11 is 0. The maximum absolute atomic E-state index is 13.1. The molecule has 0 fully saturated rings. The molecule has 0 aliphatic heterocycles. The fraction of sp³-hybridized carbons (Fsp3) is 0.214. The summed E-state index contributed by atoms with van der Waals surface area (Å²) in [6.45, 7) is 1.89. The van der Waals surface area contributed by atoms with E-state index >= 15 is 0 Å². The molecule has 2 rings (SSSR count). The fourth-order valence-corrected chi connectivity index (χ4v) is 1.76. The molecule has 0 aliphatic rings. The monoisotopic (exact) mass is 259 g/mol. The molecule has 1 atom stereocenters. The van der Waals surface area contributed by atoms with Gasteiger partial charge in [0.25, 0.3) is 5.91 Å². The topological polar surface area (TPSA) is 46.1 Å². The Morgan fingerprint density at radius 3 is 2.74 bits per heavy atom. The van der Waals surface area contributed by atoms with E-state index in [0.717, 1.165) is 11.8 Å². The lowest BCUT2D eigenvalue weighted by Crippen LogP contribution is -2.29. The van der Waals surface area contributed by atoms with Gasteiger partial charge in [-0.3, -0.25) is 14.8 Å². The van der Waals surface area contributed by atoms with Crippen molar-refractivity contribution in [3.63, 3.8) is 0 Å². The van der Waals surface area contributed by atoms with Gasteiger partial charge in [-0.15, -0.1) is 0 Å². The molecule has 0 saturated heterocycles. The average molecular weight is 259 g/mol. The van der Waals surface area contributed by atoms with Crippen LogP contribution in [0.4, 0.5) is 4.39 Å². The minimum Gasteiger partial charge on any atom is -0.335 e. The van der Waals surface area contributed by atoms with Crippen molar-refractivity contribution in [2.24, 2.45) is 0 Å². The van der Waals surface area contributed by atoms with Crippen molar-refractivity contribution in [3.8, 4) is 0 Å². The van der Waals surface area contributed by atoms with Crippen LogP contribution in [0.25, 0.3) is 0 Å². The van der Waals surface area contributed by atoms with E-state index in [1.807, 2.05) is 19.1 Å². The molecule has 1 amide bonds. The molecular weight excluding hydrogens is 245 g/mol. The molecule has 0 aromatic carbocycles. The third-order valence-corrected chi connectivity index (χ3v) is 3.02. The Kier molecular flexibility index (Phi) is 3.85. The van der Waals surface area contributed by atoms with Gasteiger partial charge in [-0.05, 0) is 24.6 Å². The molecule has 0 bridgehead atoms. The highest BCUT2D eigenvalue weighted by Gasteiger charge is 2.19. The minimum atomic E-state index is -0.520. The summed E-state index contributed by atoms with van der Waals surface area (Å²) in [5, 5.41) is 0. The van der Waals surface area contributed by atoms with Crippen molar-refractivity contribution in [3.05, 3.63) is 59.9 Å². The van der Waals surface area contributed by atoms with Crippen LogP contribution in [-0.2, 0) is 0 Å². The van der Waals surface area contributed by atoms with Crippen LogP contribution in [0.15, 0.2) is 43.0 Å². The fourth-order valence-electron chi connectivity index (χ4n) is 1.76. The summed E-state index contributed by atoms with van der Waals surface area (Å²) in [5.41, 5.74) is 1.15. The third kappa shape index (κ3) is 2.93. The van der Waals surface area contributed by atoms with Gasteiger partial charge in [-0.2, -0.15) is 0 Å². The quantitative estimate of drug-likeness (QED) is 0.850. The highest BCUT2D eigenvalue weighted by molar-refractivity contribution is 5.94. The Morgan fingerprint density at radius 1 is 1.32 bits per heavy atom. The molecule has 5 heteroatoms. The Hall–Kier alpha value is -2.30. The Labute approximate surface area is 110 Å². The van der Waals surface area contributed by atoms with Crippen LogP contribution in [0.5, 0.6) is 0 Å². The summed E-state index contributed by atoms with van der Waals surface area (Å²) in [6, 6.07) is 4.74. The number of amides is 1. The molecule has 2 aromatic heterocycles. The standard InChI is InChI=1S/C14H14FN3O/c1-10(11-4-3-5-16-7-11)18(2)14(19)12-6-13(15)9-17-8-12/h3-10H,1-2H3/t10-/m1/s1. The number of nitrogens with zero attached hydrogens (tertiary/aromatic N) is 3. The summed E-state index contributed by atoms with van der Waals surface area (Å²) in [4.78, 5) is 21.5. The van der Waals surface area contributed by atoms with E-state index in [2.05, 4.69) is 9.97 Å². The minimum absolute atomic E-state index is 0.149. The zero-order valence-corrected chi connectivity index (χ0v) is 10.7. The van der Waals surface area contributed by atoms with Crippen molar-refractivity contribution >= 4 is 5.91 Å². The zero-order valence-electron chi connectivity index (χ0n) is 10.7. The van der Waals surface area contributed by atoms with Crippen molar-refractivity contribution in [2.45, 2.75) is 13.0 Å². The highest BCUT2D eigenvalue weighted by Crippen LogP contribution is 2.19. The van der Waals surface area contributed by atoms with Gasteiger partial charge in [0, 0.05) is 25.6 Å². The predicted molar refractivity (Wildman–Crippen MR) is 68.9 cm³/mol. The van der Waals surface area contributed by atoms with Crippen LogP contribution in [-0.4, -0.2) is 27.8 Å². The van der Waals surface area contributed by atoms with Gasteiger partial charge in [0.2, 0.25) is 0 Å². The van der Waals surface area contributed by atoms with Crippen LogP contribution in [0, 0.1) is 5.82 Å². The SMILES string of the molecule is C[C@H](c1cccnc1)N(C)C(=O)c1cncc(F)c1. The van der Waals surface area contributed by atoms with E-state index in [4.69, 9.17) is 0 Å². The second-order valence-electron chi connectivity index (χ2n) is 4.27. The van der Waals surface area contributed by atoms with Gasteiger partial charge in [-0.1, -0.05) is 6.07 Å². The smallest absolute Gasteiger partial charge is 0.255 e. The molecule has 0 radical (unpaired) electrons. The number of hydrogen-bond donors (Lipinski definition) is 0. The first kappa shape index (κ1) is 13.1. The van der Waals surface area contributed by atoms with Crippen LogP contribution in [0.2, 0.25) is 0 Å². The third-order valence-electron chi connectivity index (χ3n) is 3.02. The largest absolute Gasteiger partial charge is 0.335 e. The normalized spacial score (nSPS) is 11.9. The second-order valence-corrected chi connectivity index (χ2v) is 4.27. The molecule has 4 nitrogen and oxygen atoms in total. The van der Waals surface area contributed by atoms with Crippen LogP contribution in [0.3, 0.4) is 0 Å². The van der Waals surface area contributed by atoms with Crippen molar-refractivity contribution in [2.75, 3.05) is 7.05 Å². The van der Waals surface area contributed by atoms with Crippen molar-refractivity contribution < 1.29 is 9.18 Å². The van der Waals surface area contributed by atoms with Gasteiger partial charge in [0.1, 0.15) is 5.82 Å². The van der Waals surface area contributed by atoms with Gasteiger partial charge in [0.05, 0.1) is 17.8 Å². The maximum atomic E-state index is 13.1. The molecule has 98 valence electrons. The number of carbonyl (C=O) groups is 1. The molecule has 19 heavy (non-hydrogen) atoms. The van der Waals surface area contributed by atoms with Gasteiger partial charge in [-0.25, -0.2) is 4.39 Å². The Balaban J connectivity index is 2.20. The number of pyridine rings is 2. The van der Waals surface area contributed by atoms with Crippen molar-refractivity contribution in [1.29, 1.82) is 0 Å². The highest BCUT2D eigenvalue weighted by atomic mass is 19.1. The molecule has 0 saturated carbocycles. The van der Waals surface area contributed by atoms with E-state index in [1.54, 1.807) is 19.4 Å². The molecule has 0 spiro atoms. The van der Waals surface area contributed by atoms with E-state index in [-0.39, 0.29) is 17.5 Å².